The highest BCUT2D eigenvalue weighted by Crippen LogP contribution is 2.34. The SMILES string of the molecule is OC[C@H]1O[C@@H](c2ccc3cc4ccccc4nc3c2)C[C@H]1O. The van der Waals surface area contributed by atoms with Crippen LogP contribution in [0.15, 0.2) is 48.5 Å². The molecule has 3 atom stereocenters. The number of hydrogen-bond donors (Lipinski definition) is 2. The maximum atomic E-state index is 9.87. The fourth-order valence-electron chi connectivity index (χ4n) is 3.10. The van der Waals surface area contributed by atoms with Gasteiger partial charge in [0.25, 0.3) is 0 Å². The summed E-state index contributed by atoms with van der Waals surface area (Å²) in [5, 5.41) is 21.3. The first-order valence-electron chi connectivity index (χ1n) is 7.48. The van der Waals surface area contributed by atoms with Crippen LogP contribution in [0.25, 0.3) is 21.8 Å². The molecule has 0 unspecified atom stereocenters. The maximum absolute atomic E-state index is 9.87. The zero-order valence-electron chi connectivity index (χ0n) is 12.0. The standard InChI is InChI=1S/C18H17NO3/c20-10-18-16(21)9-17(22-18)13-6-5-12-7-11-3-1-2-4-14(11)19-15(12)8-13/h1-8,16-18,20-21H,9-10H2/t16-,17-,18-/m1/s1. The van der Waals surface area contributed by atoms with Gasteiger partial charge in [0, 0.05) is 17.2 Å². The average molecular weight is 295 g/mol. The molecule has 112 valence electrons. The van der Waals surface area contributed by atoms with E-state index in [1.165, 1.54) is 0 Å². The fourth-order valence-corrected chi connectivity index (χ4v) is 3.10. The van der Waals surface area contributed by atoms with Gasteiger partial charge < -0.3 is 14.9 Å². The van der Waals surface area contributed by atoms with Gasteiger partial charge in [0.2, 0.25) is 0 Å². The molecule has 0 amide bonds. The quantitative estimate of drug-likeness (QED) is 0.713. The molecule has 0 spiro atoms. The van der Waals surface area contributed by atoms with E-state index in [0.29, 0.717) is 6.42 Å². The van der Waals surface area contributed by atoms with Crippen LogP contribution in [0.2, 0.25) is 0 Å². The van der Waals surface area contributed by atoms with Gasteiger partial charge in [-0.05, 0) is 23.8 Å². The Labute approximate surface area is 128 Å². The number of fused-ring (bicyclic) bond motifs is 2. The van der Waals surface area contributed by atoms with Crippen molar-refractivity contribution in [1.82, 2.24) is 4.98 Å². The van der Waals surface area contributed by atoms with Crippen molar-refractivity contribution >= 4 is 21.8 Å². The lowest BCUT2D eigenvalue weighted by atomic mass is 10.0. The van der Waals surface area contributed by atoms with E-state index in [-0.39, 0.29) is 12.7 Å². The van der Waals surface area contributed by atoms with Crippen molar-refractivity contribution in [3.05, 3.63) is 54.1 Å². The second-order valence-electron chi connectivity index (χ2n) is 5.78. The lowest BCUT2D eigenvalue weighted by Crippen LogP contribution is -2.24. The minimum Gasteiger partial charge on any atom is -0.394 e. The summed E-state index contributed by atoms with van der Waals surface area (Å²) >= 11 is 0. The van der Waals surface area contributed by atoms with Crippen molar-refractivity contribution in [2.45, 2.75) is 24.7 Å². The number of aromatic nitrogens is 1. The molecular weight excluding hydrogens is 278 g/mol. The molecule has 22 heavy (non-hydrogen) atoms. The molecule has 1 saturated heterocycles. The van der Waals surface area contributed by atoms with Crippen molar-refractivity contribution in [2.24, 2.45) is 0 Å². The van der Waals surface area contributed by atoms with Crippen molar-refractivity contribution < 1.29 is 14.9 Å². The molecule has 3 aromatic rings. The van der Waals surface area contributed by atoms with Crippen molar-refractivity contribution in [3.63, 3.8) is 0 Å². The monoisotopic (exact) mass is 295 g/mol. The molecular formula is C18H17NO3. The second-order valence-corrected chi connectivity index (χ2v) is 5.78. The third-order valence-corrected chi connectivity index (χ3v) is 4.32. The molecule has 0 aliphatic carbocycles. The summed E-state index contributed by atoms with van der Waals surface area (Å²) in [4.78, 5) is 4.70. The number of pyridine rings is 1. The molecule has 0 saturated carbocycles. The molecule has 4 heteroatoms. The van der Waals surface area contributed by atoms with Crippen molar-refractivity contribution in [3.8, 4) is 0 Å². The van der Waals surface area contributed by atoms with E-state index in [0.717, 1.165) is 27.4 Å². The molecule has 0 bridgehead atoms. The Morgan fingerprint density at radius 1 is 1.05 bits per heavy atom. The van der Waals surface area contributed by atoms with E-state index in [1.54, 1.807) is 0 Å². The van der Waals surface area contributed by atoms with Crippen LogP contribution in [0.5, 0.6) is 0 Å². The smallest absolute Gasteiger partial charge is 0.107 e. The summed E-state index contributed by atoms with van der Waals surface area (Å²) < 4.78 is 5.72. The van der Waals surface area contributed by atoms with Crippen LogP contribution in [0.1, 0.15) is 18.1 Å². The lowest BCUT2D eigenvalue weighted by Gasteiger charge is -2.13. The minimum absolute atomic E-state index is 0.159. The topological polar surface area (TPSA) is 62.6 Å². The molecule has 1 fully saturated rings. The summed E-state index contributed by atoms with van der Waals surface area (Å²) in [5.41, 5.74) is 2.87. The summed E-state index contributed by atoms with van der Waals surface area (Å²) in [6.07, 6.45) is -0.796. The zero-order valence-corrected chi connectivity index (χ0v) is 12.0. The predicted molar refractivity (Wildman–Crippen MR) is 84.6 cm³/mol. The summed E-state index contributed by atoms with van der Waals surface area (Å²) in [6, 6.07) is 16.2. The molecule has 4 rings (SSSR count). The van der Waals surface area contributed by atoms with Gasteiger partial charge >= 0.3 is 0 Å². The van der Waals surface area contributed by atoms with Crippen molar-refractivity contribution in [1.29, 1.82) is 0 Å². The van der Waals surface area contributed by atoms with Crippen LogP contribution in [0, 0.1) is 0 Å². The Hall–Kier alpha value is -2.01. The van der Waals surface area contributed by atoms with Gasteiger partial charge in [-0.1, -0.05) is 30.3 Å². The number of para-hydroxylation sites is 1. The Bertz CT molecular complexity index is 833. The van der Waals surface area contributed by atoms with Gasteiger partial charge in [0.05, 0.1) is 29.8 Å². The van der Waals surface area contributed by atoms with Crippen LogP contribution in [-0.2, 0) is 4.74 Å². The number of hydrogen-bond acceptors (Lipinski definition) is 4. The molecule has 2 aromatic carbocycles. The minimum atomic E-state index is -0.616. The molecule has 4 nitrogen and oxygen atoms in total. The van der Waals surface area contributed by atoms with Gasteiger partial charge in [-0.25, -0.2) is 4.98 Å². The summed E-state index contributed by atoms with van der Waals surface area (Å²) in [6.45, 7) is -0.159. The Morgan fingerprint density at radius 3 is 2.68 bits per heavy atom. The Balaban J connectivity index is 1.75. The molecule has 2 heterocycles. The predicted octanol–water partition coefficient (Wildman–Crippen LogP) is 2.57. The molecule has 1 aliphatic heterocycles. The molecule has 1 aromatic heterocycles. The van der Waals surface area contributed by atoms with Crippen LogP contribution in [0.4, 0.5) is 0 Å². The highest BCUT2D eigenvalue weighted by molar-refractivity contribution is 5.92. The second kappa shape index (κ2) is 5.32. The van der Waals surface area contributed by atoms with Crippen LogP contribution >= 0.6 is 0 Å². The summed E-state index contributed by atoms with van der Waals surface area (Å²) in [7, 11) is 0. The van der Waals surface area contributed by atoms with Gasteiger partial charge in [0.15, 0.2) is 0 Å². The fraction of sp³-hybridized carbons (Fsp3) is 0.278. The molecule has 0 radical (unpaired) electrons. The number of ether oxygens (including phenoxy) is 1. The number of aliphatic hydroxyl groups excluding tert-OH is 2. The first-order valence-corrected chi connectivity index (χ1v) is 7.48. The molecule has 2 N–H and O–H groups in total. The Kier molecular flexibility index (Phi) is 3.30. The van der Waals surface area contributed by atoms with E-state index >= 15 is 0 Å². The number of nitrogens with zero attached hydrogens (tertiary/aromatic N) is 1. The highest BCUT2D eigenvalue weighted by Gasteiger charge is 2.34. The van der Waals surface area contributed by atoms with E-state index in [1.807, 2.05) is 36.4 Å². The number of rotatable bonds is 2. The lowest BCUT2D eigenvalue weighted by molar-refractivity contribution is -0.0225. The van der Waals surface area contributed by atoms with E-state index in [9.17, 15) is 10.2 Å². The zero-order chi connectivity index (χ0) is 15.1. The number of benzene rings is 2. The Morgan fingerprint density at radius 2 is 1.86 bits per heavy atom. The maximum Gasteiger partial charge on any atom is 0.107 e. The van der Waals surface area contributed by atoms with Crippen LogP contribution in [0.3, 0.4) is 0 Å². The highest BCUT2D eigenvalue weighted by atomic mass is 16.5. The first-order chi connectivity index (χ1) is 10.7. The number of aliphatic hydroxyl groups is 2. The third-order valence-electron chi connectivity index (χ3n) is 4.32. The van der Waals surface area contributed by atoms with Gasteiger partial charge in [-0.15, -0.1) is 0 Å². The average Bonchev–Trinajstić information content (AvgIpc) is 2.93. The van der Waals surface area contributed by atoms with E-state index < -0.39 is 12.2 Å². The largest absolute Gasteiger partial charge is 0.394 e. The molecule has 1 aliphatic rings. The van der Waals surface area contributed by atoms with Gasteiger partial charge in [-0.3, -0.25) is 0 Å². The van der Waals surface area contributed by atoms with Gasteiger partial charge in [0.1, 0.15) is 6.10 Å². The van der Waals surface area contributed by atoms with E-state index in [4.69, 9.17) is 9.72 Å². The van der Waals surface area contributed by atoms with Crippen LogP contribution < -0.4 is 0 Å². The third kappa shape index (κ3) is 2.25. The normalized spacial score (nSPS) is 25.1. The van der Waals surface area contributed by atoms with E-state index in [2.05, 4.69) is 12.1 Å². The summed E-state index contributed by atoms with van der Waals surface area (Å²) in [5.74, 6) is 0. The van der Waals surface area contributed by atoms with Crippen molar-refractivity contribution in [2.75, 3.05) is 6.61 Å². The van der Waals surface area contributed by atoms with Crippen LogP contribution in [-0.4, -0.2) is 34.0 Å². The first kappa shape index (κ1) is 13.6. The van der Waals surface area contributed by atoms with Gasteiger partial charge in [-0.2, -0.15) is 0 Å².